The van der Waals surface area contributed by atoms with Crippen molar-refractivity contribution >= 4 is 0 Å². The van der Waals surface area contributed by atoms with Crippen LogP contribution < -0.4 is 15.2 Å². The molecule has 0 atom stereocenters. The molecule has 5 heteroatoms. The predicted octanol–water partition coefficient (Wildman–Crippen LogP) is 0.744. The molecule has 0 aliphatic heterocycles. The van der Waals surface area contributed by atoms with Gasteiger partial charge in [0.2, 0.25) is 11.8 Å². The first-order valence-corrected chi connectivity index (χ1v) is 5.15. The zero-order valence-corrected chi connectivity index (χ0v) is 8.72. The summed E-state index contributed by atoms with van der Waals surface area (Å²) in [5.41, 5.74) is 5.66. The van der Waals surface area contributed by atoms with Crippen molar-refractivity contribution in [2.24, 2.45) is 5.73 Å². The number of nitrogens with zero attached hydrogens (tertiary/aromatic N) is 2. The quantitative estimate of drug-likeness (QED) is 0.792. The van der Waals surface area contributed by atoms with Crippen LogP contribution in [0.5, 0.6) is 11.8 Å². The van der Waals surface area contributed by atoms with Gasteiger partial charge in [0.1, 0.15) is 12.4 Å². The largest absolute Gasteiger partial charge is 0.478 e. The minimum absolute atomic E-state index is 0.198. The van der Waals surface area contributed by atoms with E-state index in [4.69, 9.17) is 15.2 Å². The van der Waals surface area contributed by atoms with Gasteiger partial charge in [0.25, 0.3) is 0 Å². The molecule has 1 aliphatic carbocycles. The molecule has 0 saturated heterocycles. The second-order valence-corrected chi connectivity index (χ2v) is 3.60. The van der Waals surface area contributed by atoms with Gasteiger partial charge in [0, 0.05) is 6.04 Å². The Morgan fingerprint density at radius 3 is 2.80 bits per heavy atom. The molecule has 1 aromatic rings. The number of hydrogen-bond acceptors (Lipinski definition) is 5. The number of hydrogen-bond donors (Lipinski definition) is 1. The van der Waals surface area contributed by atoms with Crippen molar-refractivity contribution in [1.82, 2.24) is 9.97 Å². The molecular weight excluding hydrogens is 194 g/mol. The third-order valence-corrected chi connectivity index (χ3v) is 2.33. The smallest absolute Gasteiger partial charge is 0.220 e. The van der Waals surface area contributed by atoms with E-state index in [0.717, 1.165) is 12.8 Å². The van der Waals surface area contributed by atoms with Crippen LogP contribution in [0.15, 0.2) is 12.4 Å². The molecule has 1 heterocycles. The number of aromatic nitrogens is 2. The van der Waals surface area contributed by atoms with Gasteiger partial charge in [0.05, 0.1) is 12.7 Å². The highest BCUT2D eigenvalue weighted by Gasteiger charge is 2.28. The summed E-state index contributed by atoms with van der Waals surface area (Å²) < 4.78 is 10.8. The maximum absolute atomic E-state index is 5.66. The van der Waals surface area contributed by atoms with Crippen LogP contribution in [0.4, 0.5) is 0 Å². The average molecular weight is 209 g/mol. The molecule has 0 radical (unpaired) electrons. The number of ether oxygens (including phenoxy) is 2. The van der Waals surface area contributed by atoms with E-state index in [9.17, 15) is 0 Å². The summed E-state index contributed by atoms with van der Waals surface area (Å²) in [5.74, 6) is 1.11. The molecule has 2 rings (SSSR count). The summed E-state index contributed by atoms with van der Waals surface area (Å²) in [4.78, 5) is 7.97. The molecule has 0 unspecified atom stereocenters. The fourth-order valence-corrected chi connectivity index (χ4v) is 1.49. The molecule has 15 heavy (non-hydrogen) atoms. The zero-order valence-electron chi connectivity index (χ0n) is 8.72. The summed E-state index contributed by atoms with van der Waals surface area (Å²) in [7, 11) is 0. The van der Waals surface area contributed by atoms with Crippen LogP contribution in [0.1, 0.15) is 19.8 Å². The van der Waals surface area contributed by atoms with Gasteiger partial charge in [-0.3, -0.25) is 0 Å². The van der Waals surface area contributed by atoms with Crippen molar-refractivity contribution in [1.29, 1.82) is 0 Å². The Balaban J connectivity index is 1.93. The number of rotatable bonds is 4. The van der Waals surface area contributed by atoms with Gasteiger partial charge >= 0.3 is 0 Å². The molecule has 2 N–H and O–H groups in total. The van der Waals surface area contributed by atoms with Gasteiger partial charge in [-0.1, -0.05) is 0 Å². The fraction of sp³-hybridized carbons (Fsp3) is 0.600. The molecule has 82 valence electrons. The van der Waals surface area contributed by atoms with Crippen molar-refractivity contribution in [2.75, 3.05) is 6.61 Å². The van der Waals surface area contributed by atoms with Crippen LogP contribution in [0.25, 0.3) is 0 Å². The summed E-state index contributed by atoms with van der Waals surface area (Å²) in [5, 5.41) is 0. The SMILES string of the molecule is CCOc1cc(OC2CC(N)C2)ncn1. The Labute approximate surface area is 88.6 Å². The Morgan fingerprint density at radius 2 is 2.13 bits per heavy atom. The van der Waals surface area contributed by atoms with Gasteiger partial charge in [0.15, 0.2) is 0 Å². The van der Waals surface area contributed by atoms with E-state index in [2.05, 4.69) is 9.97 Å². The van der Waals surface area contributed by atoms with Crippen LogP contribution in [0.2, 0.25) is 0 Å². The molecule has 1 fully saturated rings. The molecule has 5 nitrogen and oxygen atoms in total. The monoisotopic (exact) mass is 209 g/mol. The Bertz CT molecular complexity index is 326. The van der Waals surface area contributed by atoms with Gasteiger partial charge in [-0.25, -0.2) is 9.97 Å². The predicted molar refractivity (Wildman–Crippen MR) is 54.8 cm³/mol. The second-order valence-electron chi connectivity index (χ2n) is 3.60. The topological polar surface area (TPSA) is 70.3 Å². The lowest BCUT2D eigenvalue weighted by Crippen LogP contribution is -2.43. The molecule has 0 bridgehead atoms. The molecule has 0 spiro atoms. The Morgan fingerprint density at radius 1 is 1.40 bits per heavy atom. The summed E-state index contributed by atoms with van der Waals surface area (Å²) in [6.07, 6.45) is 3.44. The third kappa shape index (κ3) is 2.56. The van der Waals surface area contributed by atoms with E-state index >= 15 is 0 Å². The van der Waals surface area contributed by atoms with Gasteiger partial charge < -0.3 is 15.2 Å². The van der Waals surface area contributed by atoms with E-state index in [1.54, 1.807) is 6.07 Å². The van der Waals surface area contributed by atoms with Crippen molar-refractivity contribution in [3.8, 4) is 11.8 Å². The number of nitrogens with two attached hydrogens (primary N) is 1. The van der Waals surface area contributed by atoms with E-state index < -0.39 is 0 Å². The van der Waals surface area contributed by atoms with Crippen LogP contribution in [-0.4, -0.2) is 28.7 Å². The van der Waals surface area contributed by atoms with Gasteiger partial charge in [-0.15, -0.1) is 0 Å². The maximum Gasteiger partial charge on any atom is 0.220 e. The van der Waals surface area contributed by atoms with Crippen LogP contribution in [0, 0.1) is 0 Å². The van der Waals surface area contributed by atoms with Crippen LogP contribution in [-0.2, 0) is 0 Å². The van der Waals surface area contributed by atoms with E-state index in [-0.39, 0.29) is 12.1 Å². The standard InChI is InChI=1S/C10H15N3O2/c1-2-14-9-5-10(13-6-12-9)15-8-3-7(11)4-8/h5-8H,2-4,11H2,1H3. The first-order valence-electron chi connectivity index (χ1n) is 5.15. The molecule has 1 saturated carbocycles. The van der Waals surface area contributed by atoms with Crippen LogP contribution >= 0.6 is 0 Å². The molecular formula is C10H15N3O2. The van der Waals surface area contributed by atoms with Crippen molar-refractivity contribution in [3.05, 3.63) is 12.4 Å². The molecule has 1 aromatic heterocycles. The van der Waals surface area contributed by atoms with E-state index in [0.29, 0.717) is 18.4 Å². The second kappa shape index (κ2) is 4.44. The first kappa shape index (κ1) is 10.2. The van der Waals surface area contributed by atoms with E-state index in [1.807, 2.05) is 6.92 Å². The van der Waals surface area contributed by atoms with Crippen LogP contribution in [0.3, 0.4) is 0 Å². The van der Waals surface area contributed by atoms with Crippen molar-refractivity contribution in [3.63, 3.8) is 0 Å². The summed E-state index contributed by atoms with van der Waals surface area (Å²) >= 11 is 0. The highest BCUT2D eigenvalue weighted by Crippen LogP contribution is 2.24. The fourth-order valence-electron chi connectivity index (χ4n) is 1.49. The molecule has 0 amide bonds. The Hall–Kier alpha value is -1.36. The average Bonchev–Trinajstić information content (AvgIpc) is 2.17. The van der Waals surface area contributed by atoms with E-state index in [1.165, 1.54) is 6.33 Å². The highest BCUT2D eigenvalue weighted by atomic mass is 16.5. The zero-order chi connectivity index (χ0) is 10.7. The lowest BCUT2D eigenvalue weighted by Gasteiger charge is -2.31. The molecule has 0 aromatic carbocycles. The van der Waals surface area contributed by atoms with Crippen molar-refractivity contribution in [2.45, 2.75) is 31.9 Å². The lowest BCUT2D eigenvalue weighted by atomic mass is 9.90. The minimum atomic E-state index is 0.198. The Kier molecular flexibility index (Phi) is 3.01. The van der Waals surface area contributed by atoms with Crippen molar-refractivity contribution < 1.29 is 9.47 Å². The third-order valence-electron chi connectivity index (χ3n) is 2.33. The summed E-state index contributed by atoms with van der Waals surface area (Å²) in [6, 6.07) is 1.98. The molecule has 1 aliphatic rings. The summed E-state index contributed by atoms with van der Waals surface area (Å²) in [6.45, 7) is 2.50. The first-order chi connectivity index (χ1) is 7.28. The minimum Gasteiger partial charge on any atom is -0.478 e. The van der Waals surface area contributed by atoms with Gasteiger partial charge in [-0.05, 0) is 19.8 Å². The maximum atomic E-state index is 5.66. The lowest BCUT2D eigenvalue weighted by molar-refractivity contribution is 0.0951. The highest BCUT2D eigenvalue weighted by molar-refractivity contribution is 5.18. The normalized spacial score (nSPS) is 24.4. The van der Waals surface area contributed by atoms with Gasteiger partial charge in [-0.2, -0.15) is 0 Å².